The number of aromatic nitrogens is 4. The Balaban J connectivity index is 2.25. The summed E-state index contributed by atoms with van der Waals surface area (Å²) < 4.78 is 13.2. The Morgan fingerprint density at radius 1 is 1.21 bits per heavy atom. The molecule has 0 amide bonds. The van der Waals surface area contributed by atoms with E-state index in [1.54, 1.807) is 12.4 Å². The fourth-order valence-corrected chi connectivity index (χ4v) is 1.94. The van der Waals surface area contributed by atoms with E-state index in [9.17, 15) is 4.39 Å². The minimum absolute atomic E-state index is 0.398. The Bertz CT molecular complexity index is 742. The number of hydrogen-bond donors (Lipinski definition) is 0. The molecule has 0 aliphatic heterocycles. The molecule has 0 unspecified atom stereocenters. The lowest BCUT2D eigenvalue weighted by atomic mass is 10.2. The van der Waals surface area contributed by atoms with Crippen LogP contribution in [0.25, 0.3) is 22.4 Å². The molecule has 0 radical (unpaired) electrons. The third kappa shape index (κ3) is 2.14. The Morgan fingerprint density at radius 2 is 2.11 bits per heavy atom. The van der Waals surface area contributed by atoms with Crippen molar-refractivity contribution in [1.82, 2.24) is 19.9 Å². The Hall–Kier alpha value is -2.43. The quantitative estimate of drug-likeness (QED) is 0.705. The number of pyridine rings is 2. The topological polar surface area (TPSA) is 51.6 Å². The molecule has 0 aliphatic carbocycles. The van der Waals surface area contributed by atoms with Gasteiger partial charge in [0, 0.05) is 18.0 Å². The van der Waals surface area contributed by atoms with Crippen LogP contribution < -0.4 is 0 Å². The highest BCUT2D eigenvalue weighted by Crippen LogP contribution is 2.20. The van der Waals surface area contributed by atoms with Crippen LogP contribution in [0.2, 0.25) is 0 Å². The molecule has 3 aromatic rings. The van der Waals surface area contributed by atoms with Crippen LogP contribution >= 0.6 is 0 Å². The van der Waals surface area contributed by atoms with Gasteiger partial charge in [-0.3, -0.25) is 9.97 Å². The summed E-state index contributed by atoms with van der Waals surface area (Å²) in [5.74, 6) is 0.0785. The predicted molar refractivity (Wildman–Crippen MR) is 69.9 cm³/mol. The summed E-state index contributed by atoms with van der Waals surface area (Å²) in [6.45, 7) is 2.00. The first-order valence-electron chi connectivity index (χ1n) is 6.00. The lowest BCUT2D eigenvalue weighted by Crippen LogP contribution is -1.99. The largest absolute Gasteiger partial charge is 0.261 e. The first-order valence-corrected chi connectivity index (χ1v) is 6.00. The van der Waals surface area contributed by atoms with Gasteiger partial charge in [0.05, 0.1) is 17.4 Å². The lowest BCUT2D eigenvalue weighted by Gasteiger charge is -2.06. The van der Waals surface area contributed by atoms with Crippen molar-refractivity contribution < 1.29 is 4.39 Å². The Morgan fingerprint density at radius 3 is 2.89 bits per heavy atom. The van der Waals surface area contributed by atoms with Crippen LogP contribution in [0.15, 0.2) is 36.8 Å². The van der Waals surface area contributed by atoms with Crippen molar-refractivity contribution in [2.75, 3.05) is 0 Å². The molecule has 4 nitrogen and oxygen atoms in total. The van der Waals surface area contributed by atoms with E-state index in [0.717, 1.165) is 29.3 Å². The van der Waals surface area contributed by atoms with E-state index in [-0.39, 0.29) is 0 Å². The fraction of sp³-hybridized carbons (Fsp3) is 0.143. The van der Waals surface area contributed by atoms with Gasteiger partial charge in [0.25, 0.3) is 0 Å². The van der Waals surface area contributed by atoms with Gasteiger partial charge in [0.2, 0.25) is 0 Å². The molecule has 19 heavy (non-hydrogen) atoms. The van der Waals surface area contributed by atoms with Crippen LogP contribution in [-0.2, 0) is 6.42 Å². The van der Waals surface area contributed by atoms with E-state index in [2.05, 4.69) is 19.9 Å². The van der Waals surface area contributed by atoms with Crippen LogP contribution in [0, 0.1) is 5.82 Å². The van der Waals surface area contributed by atoms with Crippen molar-refractivity contribution in [2.45, 2.75) is 13.3 Å². The third-order valence-corrected chi connectivity index (χ3v) is 2.82. The van der Waals surface area contributed by atoms with Crippen molar-refractivity contribution in [3.05, 3.63) is 48.3 Å². The first kappa shape index (κ1) is 11.6. The van der Waals surface area contributed by atoms with Crippen LogP contribution in [0.4, 0.5) is 4.39 Å². The van der Waals surface area contributed by atoms with E-state index in [4.69, 9.17) is 0 Å². The molecule has 0 aliphatic rings. The predicted octanol–water partition coefficient (Wildman–Crippen LogP) is 2.79. The molecule has 0 spiro atoms. The lowest BCUT2D eigenvalue weighted by molar-refractivity contribution is 0.622. The van der Waals surface area contributed by atoms with Gasteiger partial charge < -0.3 is 0 Å². The van der Waals surface area contributed by atoms with Crippen molar-refractivity contribution in [2.24, 2.45) is 0 Å². The highest BCUT2D eigenvalue weighted by atomic mass is 19.1. The van der Waals surface area contributed by atoms with E-state index >= 15 is 0 Å². The second-order valence-electron chi connectivity index (χ2n) is 4.11. The van der Waals surface area contributed by atoms with E-state index in [1.165, 1.54) is 6.07 Å². The van der Waals surface area contributed by atoms with Gasteiger partial charge in [-0.15, -0.1) is 0 Å². The zero-order chi connectivity index (χ0) is 13.2. The number of aryl methyl sites for hydroxylation is 1. The van der Waals surface area contributed by atoms with Crippen LogP contribution in [0.5, 0.6) is 0 Å². The number of fused-ring (bicyclic) bond motifs is 1. The van der Waals surface area contributed by atoms with Crippen molar-refractivity contribution in [1.29, 1.82) is 0 Å². The van der Waals surface area contributed by atoms with Gasteiger partial charge in [-0.2, -0.15) is 0 Å². The second kappa shape index (κ2) is 4.68. The number of nitrogens with zero attached hydrogens (tertiary/aromatic N) is 4. The van der Waals surface area contributed by atoms with Crippen molar-refractivity contribution in [3.8, 4) is 11.4 Å². The number of hydrogen-bond acceptors (Lipinski definition) is 4. The van der Waals surface area contributed by atoms with E-state index in [0.29, 0.717) is 11.4 Å². The third-order valence-electron chi connectivity index (χ3n) is 2.82. The highest BCUT2D eigenvalue weighted by molar-refractivity contribution is 5.78. The Labute approximate surface area is 109 Å². The maximum atomic E-state index is 13.2. The molecule has 5 heteroatoms. The molecule has 0 saturated carbocycles. The molecule has 94 valence electrons. The standard InChI is InChI=1S/C14H11FN4/c1-2-11-13-12(4-3-5-17-13)19-14(18-11)9-6-10(15)8-16-7-9/h3-8H,2H2,1H3. The van der Waals surface area contributed by atoms with Gasteiger partial charge in [0.1, 0.15) is 11.3 Å². The fourth-order valence-electron chi connectivity index (χ4n) is 1.94. The van der Waals surface area contributed by atoms with Gasteiger partial charge in [-0.25, -0.2) is 14.4 Å². The van der Waals surface area contributed by atoms with Crippen LogP contribution in [0.3, 0.4) is 0 Å². The van der Waals surface area contributed by atoms with Crippen molar-refractivity contribution in [3.63, 3.8) is 0 Å². The zero-order valence-corrected chi connectivity index (χ0v) is 10.3. The molecule has 0 fully saturated rings. The van der Waals surface area contributed by atoms with E-state index in [1.807, 2.05) is 19.1 Å². The van der Waals surface area contributed by atoms with Crippen LogP contribution in [-0.4, -0.2) is 19.9 Å². The Kier molecular flexibility index (Phi) is 2.87. The summed E-state index contributed by atoms with van der Waals surface area (Å²) in [6.07, 6.45) is 5.17. The van der Waals surface area contributed by atoms with Crippen LogP contribution in [0.1, 0.15) is 12.6 Å². The SMILES string of the molecule is CCc1nc(-c2cncc(F)c2)nc2cccnc12. The maximum Gasteiger partial charge on any atom is 0.161 e. The van der Waals surface area contributed by atoms with E-state index < -0.39 is 5.82 Å². The molecule has 3 heterocycles. The summed E-state index contributed by atoms with van der Waals surface area (Å²) in [4.78, 5) is 17.0. The van der Waals surface area contributed by atoms with Crippen molar-refractivity contribution >= 4 is 11.0 Å². The molecule has 0 bridgehead atoms. The summed E-state index contributed by atoms with van der Waals surface area (Å²) in [5.41, 5.74) is 2.97. The van der Waals surface area contributed by atoms with Gasteiger partial charge >= 0.3 is 0 Å². The number of rotatable bonds is 2. The minimum Gasteiger partial charge on any atom is -0.261 e. The van der Waals surface area contributed by atoms with Gasteiger partial charge in [-0.1, -0.05) is 6.92 Å². The zero-order valence-electron chi connectivity index (χ0n) is 10.3. The summed E-state index contributed by atoms with van der Waals surface area (Å²) in [5, 5.41) is 0. The molecule has 0 N–H and O–H groups in total. The monoisotopic (exact) mass is 254 g/mol. The highest BCUT2D eigenvalue weighted by Gasteiger charge is 2.09. The average Bonchev–Trinajstić information content (AvgIpc) is 2.46. The van der Waals surface area contributed by atoms with Gasteiger partial charge in [-0.05, 0) is 24.6 Å². The first-order chi connectivity index (χ1) is 9.28. The average molecular weight is 254 g/mol. The normalized spacial score (nSPS) is 10.8. The molecule has 0 aromatic carbocycles. The minimum atomic E-state index is -0.398. The second-order valence-corrected chi connectivity index (χ2v) is 4.11. The summed E-state index contributed by atoms with van der Waals surface area (Å²) in [7, 11) is 0. The molecule has 0 atom stereocenters. The number of halogens is 1. The molecular weight excluding hydrogens is 243 g/mol. The molecule has 3 aromatic heterocycles. The summed E-state index contributed by atoms with van der Waals surface area (Å²) in [6, 6.07) is 5.08. The maximum absolute atomic E-state index is 13.2. The molecule has 3 rings (SSSR count). The molecular formula is C14H11FN4. The summed E-state index contributed by atoms with van der Waals surface area (Å²) >= 11 is 0. The molecule has 0 saturated heterocycles. The smallest absolute Gasteiger partial charge is 0.161 e. The van der Waals surface area contributed by atoms with Gasteiger partial charge in [0.15, 0.2) is 5.82 Å².